The predicted molar refractivity (Wildman–Crippen MR) is 62.2 cm³/mol. The lowest BCUT2D eigenvalue weighted by molar-refractivity contribution is -0.139. The van der Waals surface area contributed by atoms with Crippen LogP contribution in [-0.4, -0.2) is 17.1 Å². The Labute approximate surface area is 94.1 Å². The topological polar surface area (TPSA) is 49.3 Å². The summed E-state index contributed by atoms with van der Waals surface area (Å²) in [6.45, 7) is 3.99. The molecular weight excluding hydrogens is 210 g/mol. The fraction of sp³-hybridized carbons (Fsp3) is 0.545. The van der Waals surface area contributed by atoms with E-state index < -0.39 is 12.0 Å². The largest absolute Gasteiger partial charge is 0.480 e. The minimum absolute atomic E-state index is 0.109. The molecule has 0 amide bonds. The van der Waals surface area contributed by atoms with E-state index in [2.05, 4.69) is 5.32 Å². The molecular formula is C11H17NO2S. The van der Waals surface area contributed by atoms with Crippen molar-refractivity contribution in [3.63, 3.8) is 0 Å². The Morgan fingerprint density at radius 1 is 1.67 bits per heavy atom. The van der Waals surface area contributed by atoms with Gasteiger partial charge in [0, 0.05) is 10.9 Å². The number of carboxylic acids is 1. The molecule has 0 aliphatic carbocycles. The van der Waals surface area contributed by atoms with Crippen LogP contribution < -0.4 is 5.32 Å². The smallest absolute Gasteiger partial charge is 0.320 e. The van der Waals surface area contributed by atoms with Crippen molar-refractivity contribution in [3.8, 4) is 0 Å². The number of hydrogen-bond acceptors (Lipinski definition) is 3. The Balaban J connectivity index is 2.54. The molecule has 0 spiro atoms. The molecule has 0 aliphatic heterocycles. The number of thiophene rings is 1. The van der Waals surface area contributed by atoms with Gasteiger partial charge in [-0.3, -0.25) is 10.1 Å². The van der Waals surface area contributed by atoms with Crippen molar-refractivity contribution in [3.05, 3.63) is 22.4 Å². The van der Waals surface area contributed by atoms with Gasteiger partial charge in [-0.2, -0.15) is 0 Å². The molecule has 0 bridgehead atoms. The van der Waals surface area contributed by atoms with Gasteiger partial charge in [0.1, 0.15) is 6.04 Å². The highest BCUT2D eigenvalue weighted by Gasteiger charge is 2.19. The number of carbonyl (C=O) groups is 1. The van der Waals surface area contributed by atoms with Gasteiger partial charge in [0.05, 0.1) is 0 Å². The summed E-state index contributed by atoms with van der Waals surface area (Å²) in [4.78, 5) is 12.1. The third kappa shape index (κ3) is 3.64. The molecule has 0 fully saturated rings. The van der Waals surface area contributed by atoms with E-state index in [0.717, 1.165) is 6.42 Å². The molecule has 2 atom stereocenters. The molecule has 0 radical (unpaired) electrons. The van der Waals surface area contributed by atoms with Crippen LogP contribution in [0.1, 0.15) is 37.6 Å². The number of rotatable bonds is 6. The van der Waals surface area contributed by atoms with Crippen molar-refractivity contribution in [2.45, 2.75) is 38.8 Å². The van der Waals surface area contributed by atoms with Gasteiger partial charge < -0.3 is 5.11 Å². The Hall–Kier alpha value is -0.870. The summed E-state index contributed by atoms with van der Waals surface area (Å²) in [6, 6.07) is 3.67. The molecule has 0 saturated heterocycles. The number of hydrogen-bond donors (Lipinski definition) is 2. The van der Waals surface area contributed by atoms with E-state index in [9.17, 15) is 4.79 Å². The number of carboxylic acid groups (broad SMARTS) is 1. The molecule has 4 heteroatoms. The molecule has 1 rings (SSSR count). The zero-order valence-corrected chi connectivity index (χ0v) is 9.88. The molecule has 1 aromatic heterocycles. The van der Waals surface area contributed by atoms with Gasteiger partial charge in [0.2, 0.25) is 0 Å². The van der Waals surface area contributed by atoms with Crippen LogP contribution in [0.2, 0.25) is 0 Å². The number of aliphatic carboxylic acids is 1. The summed E-state index contributed by atoms with van der Waals surface area (Å²) in [5.74, 6) is -0.764. The van der Waals surface area contributed by atoms with Crippen LogP contribution in [0.4, 0.5) is 0 Å². The summed E-state index contributed by atoms with van der Waals surface area (Å²) >= 11 is 1.65. The van der Waals surface area contributed by atoms with Gasteiger partial charge in [-0.1, -0.05) is 19.4 Å². The molecule has 0 saturated carbocycles. The molecule has 84 valence electrons. The van der Waals surface area contributed by atoms with Gasteiger partial charge in [-0.25, -0.2) is 0 Å². The highest BCUT2D eigenvalue weighted by Crippen LogP contribution is 2.19. The van der Waals surface area contributed by atoms with Crippen molar-refractivity contribution in [2.24, 2.45) is 0 Å². The summed E-state index contributed by atoms with van der Waals surface area (Å²) in [7, 11) is 0. The highest BCUT2D eigenvalue weighted by molar-refractivity contribution is 7.10. The minimum Gasteiger partial charge on any atom is -0.480 e. The highest BCUT2D eigenvalue weighted by atomic mass is 32.1. The zero-order valence-electron chi connectivity index (χ0n) is 9.06. The minimum atomic E-state index is -0.764. The molecule has 3 nitrogen and oxygen atoms in total. The van der Waals surface area contributed by atoms with E-state index in [-0.39, 0.29) is 6.04 Å². The normalized spacial score (nSPS) is 14.8. The Kier molecular flexibility index (Phi) is 4.78. The van der Waals surface area contributed by atoms with Crippen molar-refractivity contribution in [1.82, 2.24) is 5.32 Å². The van der Waals surface area contributed by atoms with Crippen LogP contribution in [-0.2, 0) is 4.79 Å². The maximum Gasteiger partial charge on any atom is 0.320 e. The monoisotopic (exact) mass is 227 g/mol. The third-order valence-electron chi connectivity index (χ3n) is 2.30. The molecule has 2 N–H and O–H groups in total. The van der Waals surface area contributed by atoms with Crippen LogP contribution >= 0.6 is 11.3 Å². The fourth-order valence-electron chi connectivity index (χ4n) is 1.49. The quantitative estimate of drug-likeness (QED) is 0.785. The average molecular weight is 227 g/mol. The number of nitrogens with one attached hydrogen (secondary N) is 1. The lowest BCUT2D eigenvalue weighted by Gasteiger charge is -2.18. The predicted octanol–water partition coefficient (Wildman–Crippen LogP) is 2.65. The van der Waals surface area contributed by atoms with Crippen molar-refractivity contribution in [1.29, 1.82) is 0 Å². The molecule has 15 heavy (non-hydrogen) atoms. The maximum absolute atomic E-state index is 10.9. The van der Waals surface area contributed by atoms with Crippen LogP contribution in [0.25, 0.3) is 0 Å². The Morgan fingerprint density at radius 3 is 2.87 bits per heavy atom. The molecule has 0 aromatic carbocycles. The van der Waals surface area contributed by atoms with E-state index in [1.54, 1.807) is 11.3 Å². The first-order valence-corrected chi connectivity index (χ1v) is 6.05. The Bertz CT molecular complexity index is 298. The van der Waals surface area contributed by atoms with Crippen molar-refractivity contribution in [2.75, 3.05) is 0 Å². The van der Waals surface area contributed by atoms with E-state index in [1.165, 1.54) is 4.88 Å². The summed E-state index contributed by atoms with van der Waals surface area (Å²) in [5, 5.41) is 14.1. The standard InChI is InChI=1S/C11H17NO2S/c1-3-5-9(11(13)14)12-8(2)10-6-4-7-15-10/h4,6-9,12H,3,5H2,1-2H3,(H,13,14). The van der Waals surface area contributed by atoms with Crippen LogP contribution in [0.5, 0.6) is 0 Å². The summed E-state index contributed by atoms with van der Waals surface area (Å²) < 4.78 is 0. The molecule has 0 aliphatic rings. The van der Waals surface area contributed by atoms with Crippen molar-refractivity contribution < 1.29 is 9.90 Å². The van der Waals surface area contributed by atoms with Gasteiger partial charge in [0.15, 0.2) is 0 Å². The molecule has 2 unspecified atom stereocenters. The van der Waals surface area contributed by atoms with Crippen LogP contribution in [0.3, 0.4) is 0 Å². The maximum atomic E-state index is 10.9. The van der Waals surface area contributed by atoms with Gasteiger partial charge in [-0.15, -0.1) is 11.3 Å². The molecule has 1 heterocycles. The fourth-order valence-corrected chi connectivity index (χ4v) is 2.23. The van der Waals surface area contributed by atoms with Gasteiger partial charge in [0.25, 0.3) is 0 Å². The first kappa shape index (κ1) is 12.2. The zero-order chi connectivity index (χ0) is 11.3. The first-order chi connectivity index (χ1) is 7.15. The van der Waals surface area contributed by atoms with Crippen LogP contribution in [0, 0.1) is 0 Å². The lowest BCUT2D eigenvalue weighted by atomic mass is 10.1. The average Bonchev–Trinajstić information content (AvgIpc) is 2.69. The van der Waals surface area contributed by atoms with E-state index in [4.69, 9.17) is 5.11 Å². The van der Waals surface area contributed by atoms with E-state index >= 15 is 0 Å². The lowest BCUT2D eigenvalue weighted by Crippen LogP contribution is -2.37. The second kappa shape index (κ2) is 5.88. The summed E-state index contributed by atoms with van der Waals surface area (Å²) in [5.41, 5.74) is 0. The van der Waals surface area contributed by atoms with Crippen LogP contribution in [0.15, 0.2) is 17.5 Å². The third-order valence-corrected chi connectivity index (χ3v) is 3.35. The second-order valence-electron chi connectivity index (χ2n) is 3.58. The second-order valence-corrected chi connectivity index (χ2v) is 4.56. The Morgan fingerprint density at radius 2 is 2.40 bits per heavy atom. The van der Waals surface area contributed by atoms with E-state index in [0.29, 0.717) is 6.42 Å². The van der Waals surface area contributed by atoms with E-state index in [1.807, 2.05) is 31.4 Å². The first-order valence-electron chi connectivity index (χ1n) is 5.17. The summed E-state index contributed by atoms with van der Waals surface area (Å²) in [6.07, 6.45) is 1.55. The van der Waals surface area contributed by atoms with Gasteiger partial charge >= 0.3 is 5.97 Å². The van der Waals surface area contributed by atoms with Gasteiger partial charge in [-0.05, 0) is 24.8 Å². The van der Waals surface area contributed by atoms with Crippen molar-refractivity contribution >= 4 is 17.3 Å². The SMILES string of the molecule is CCCC(NC(C)c1cccs1)C(=O)O. The molecule has 1 aromatic rings.